The second-order valence-corrected chi connectivity index (χ2v) is 6.59. The highest BCUT2D eigenvalue weighted by Crippen LogP contribution is 2.27. The molecule has 0 aliphatic carbocycles. The van der Waals surface area contributed by atoms with Crippen LogP contribution in [-0.4, -0.2) is 20.9 Å². The molecular formula is C23H19N3O2. The standard InChI is InChI=1S/C23H19N3O2/c1-15-8-7-11-20(16(15)2)25-14-19-17-9-3-4-10-18(17)22(27)26(23(19)28)21-12-5-6-13-24-21/h3-14,28H,1-2H3. The Hall–Kier alpha value is -3.73. The van der Waals surface area contributed by atoms with Crippen molar-refractivity contribution in [3.63, 3.8) is 0 Å². The third kappa shape index (κ3) is 2.97. The monoisotopic (exact) mass is 369 g/mol. The zero-order valence-corrected chi connectivity index (χ0v) is 15.6. The minimum absolute atomic E-state index is 0.184. The molecule has 2 heterocycles. The van der Waals surface area contributed by atoms with Gasteiger partial charge in [-0.05, 0) is 49.2 Å². The first-order chi connectivity index (χ1) is 13.6. The Morgan fingerprint density at radius 2 is 1.71 bits per heavy atom. The SMILES string of the molecule is Cc1cccc(N=Cc2c(O)n(-c3ccccn3)c(=O)c3ccccc23)c1C. The van der Waals surface area contributed by atoms with E-state index in [1.165, 1.54) is 4.57 Å². The van der Waals surface area contributed by atoms with Gasteiger partial charge in [0.1, 0.15) is 5.82 Å². The molecule has 0 fully saturated rings. The molecule has 2 aromatic heterocycles. The number of aliphatic imine (C=N–C) groups is 1. The first-order valence-corrected chi connectivity index (χ1v) is 8.96. The molecule has 0 atom stereocenters. The van der Waals surface area contributed by atoms with Crippen molar-refractivity contribution in [2.45, 2.75) is 13.8 Å². The first kappa shape index (κ1) is 17.7. The summed E-state index contributed by atoms with van der Waals surface area (Å²) >= 11 is 0. The summed E-state index contributed by atoms with van der Waals surface area (Å²) in [7, 11) is 0. The zero-order chi connectivity index (χ0) is 19.7. The van der Waals surface area contributed by atoms with Crippen LogP contribution in [0.1, 0.15) is 16.7 Å². The van der Waals surface area contributed by atoms with Crippen molar-refractivity contribution < 1.29 is 5.11 Å². The molecule has 1 N–H and O–H groups in total. The van der Waals surface area contributed by atoms with Gasteiger partial charge in [0.25, 0.3) is 5.56 Å². The van der Waals surface area contributed by atoms with Crippen LogP contribution in [0.15, 0.2) is 76.6 Å². The summed E-state index contributed by atoms with van der Waals surface area (Å²) in [4.78, 5) is 21.8. The summed E-state index contributed by atoms with van der Waals surface area (Å²) in [5.74, 6) is 0.175. The van der Waals surface area contributed by atoms with Crippen LogP contribution in [0.2, 0.25) is 0 Å². The van der Waals surface area contributed by atoms with Crippen LogP contribution in [0.25, 0.3) is 16.6 Å². The van der Waals surface area contributed by atoms with Gasteiger partial charge in [-0.3, -0.25) is 9.79 Å². The fourth-order valence-electron chi connectivity index (χ4n) is 3.20. The lowest BCUT2D eigenvalue weighted by molar-refractivity contribution is 0.435. The molecule has 0 bridgehead atoms. The number of fused-ring (bicyclic) bond motifs is 1. The number of nitrogens with zero attached hydrogens (tertiary/aromatic N) is 3. The molecule has 0 amide bonds. The summed E-state index contributed by atoms with van der Waals surface area (Å²) in [6, 6.07) is 18.3. The van der Waals surface area contributed by atoms with E-state index in [2.05, 4.69) is 9.98 Å². The van der Waals surface area contributed by atoms with Crippen molar-refractivity contribution in [3.05, 3.63) is 93.9 Å². The highest BCUT2D eigenvalue weighted by Gasteiger charge is 2.16. The third-order valence-corrected chi connectivity index (χ3v) is 4.89. The predicted molar refractivity (Wildman–Crippen MR) is 112 cm³/mol. The highest BCUT2D eigenvalue weighted by molar-refractivity contribution is 6.02. The lowest BCUT2D eigenvalue weighted by Gasteiger charge is -2.13. The molecule has 0 radical (unpaired) electrons. The van der Waals surface area contributed by atoms with Crippen LogP contribution in [0.3, 0.4) is 0 Å². The number of benzene rings is 2. The molecule has 5 heteroatoms. The van der Waals surface area contributed by atoms with E-state index in [0.29, 0.717) is 22.2 Å². The molecule has 0 saturated carbocycles. The molecule has 28 heavy (non-hydrogen) atoms. The lowest BCUT2D eigenvalue weighted by atomic mass is 10.1. The Bertz CT molecular complexity index is 1260. The van der Waals surface area contributed by atoms with E-state index in [1.54, 1.807) is 42.7 Å². The Morgan fingerprint density at radius 3 is 2.46 bits per heavy atom. The van der Waals surface area contributed by atoms with Crippen LogP contribution in [0.5, 0.6) is 5.88 Å². The van der Waals surface area contributed by atoms with E-state index < -0.39 is 0 Å². The number of aromatic hydroxyl groups is 1. The fraction of sp³-hybridized carbons (Fsp3) is 0.0870. The van der Waals surface area contributed by atoms with Gasteiger partial charge in [-0.2, -0.15) is 0 Å². The highest BCUT2D eigenvalue weighted by atomic mass is 16.3. The van der Waals surface area contributed by atoms with Gasteiger partial charge in [0.15, 0.2) is 0 Å². The summed E-state index contributed by atoms with van der Waals surface area (Å²) in [6.45, 7) is 4.04. The van der Waals surface area contributed by atoms with Crippen molar-refractivity contribution >= 4 is 22.7 Å². The van der Waals surface area contributed by atoms with E-state index in [0.717, 1.165) is 16.8 Å². The maximum Gasteiger partial charge on any atom is 0.267 e. The fourth-order valence-corrected chi connectivity index (χ4v) is 3.20. The van der Waals surface area contributed by atoms with Crippen LogP contribution in [-0.2, 0) is 0 Å². The van der Waals surface area contributed by atoms with E-state index in [4.69, 9.17) is 0 Å². The van der Waals surface area contributed by atoms with Gasteiger partial charge in [0.2, 0.25) is 5.88 Å². The molecule has 0 saturated heterocycles. The number of hydrogen-bond acceptors (Lipinski definition) is 4. The Labute approximate surface area is 162 Å². The molecule has 2 aromatic carbocycles. The normalized spacial score (nSPS) is 11.4. The number of aromatic nitrogens is 2. The quantitative estimate of drug-likeness (QED) is 0.542. The molecule has 138 valence electrons. The molecule has 0 aliphatic rings. The Morgan fingerprint density at radius 1 is 0.964 bits per heavy atom. The first-order valence-electron chi connectivity index (χ1n) is 8.96. The van der Waals surface area contributed by atoms with E-state index in [9.17, 15) is 9.90 Å². The zero-order valence-electron chi connectivity index (χ0n) is 15.6. The smallest absolute Gasteiger partial charge is 0.267 e. The maximum absolute atomic E-state index is 13.0. The van der Waals surface area contributed by atoms with E-state index in [1.807, 2.05) is 44.2 Å². The average molecular weight is 369 g/mol. The number of hydrogen-bond donors (Lipinski definition) is 1. The average Bonchev–Trinajstić information content (AvgIpc) is 2.72. The van der Waals surface area contributed by atoms with Crippen molar-refractivity contribution in [2.24, 2.45) is 4.99 Å². The molecule has 0 aliphatic heterocycles. The summed E-state index contributed by atoms with van der Waals surface area (Å²) in [6.07, 6.45) is 3.19. The van der Waals surface area contributed by atoms with Crippen LogP contribution < -0.4 is 5.56 Å². The van der Waals surface area contributed by atoms with Crippen LogP contribution in [0.4, 0.5) is 5.69 Å². The van der Waals surface area contributed by atoms with Crippen molar-refractivity contribution in [1.82, 2.24) is 9.55 Å². The molecule has 4 rings (SSSR count). The third-order valence-electron chi connectivity index (χ3n) is 4.89. The number of rotatable bonds is 3. The van der Waals surface area contributed by atoms with E-state index in [-0.39, 0.29) is 11.4 Å². The van der Waals surface area contributed by atoms with Gasteiger partial charge >= 0.3 is 0 Å². The van der Waals surface area contributed by atoms with Crippen LogP contribution >= 0.6 is 0 Å². The predicted octanol–water partition coefficient (Wildman–Crippen LogP) is 4.46. The Kier molecular flexibility index (Phi) is 4.49. The van der Waals surface area contributed by atoms with Crippen LogP contribution in [0, 0.1) is 13.8 Å². The van der Waals surface area contributed by atoms with Gasteiger partial charge in [-0.25, -0.2) is 9.55 Å². The molecule has 0 spiro atoms. The minimum Gasteiger partial charge on any atom is -0.494 e. The van der Waals surface area contributed by atoms with Gasteiger partial charge in [0, 0.05) is 23.2 Å². The van der Waals surface area contributed by atoms with Gasteiger partial charge in [-0.15, -0.1) is 0 Å². The number of aryl methyl sites for hydroxylation is 1. The second-order valence-electron chi connectivity index (χ2n) is 6.59. The van der Waals surface area contributed by atoms with Gasteiger partial charge in [-0.1, -0.05) is 36.4 Å². The molecule has 5 nitrogen and oxygen atoms in total. The lowest BCUT2D eigenvalue weighted by Crippen LogP contribution is -2.20. The van der Waals surface area contributed by atoms with Crippen molar-refractivity contribution in [1.29, 1.82) is 0 Å². The largest absolute Gasteiger partial charge is 0.494 e. The molecule has 4 aromatic rings. The maximum atomic E-state index is 13.0. The molecular weight excluding hydrogens is 350 g/mol. The van der Waals surface area contributed by atoms with E-state index >= 15 is 0 Å². The van der Waals surface area contributed by atoms with Crippen molar-refractivity contribution in [2.75, 3.05) is 0 Å². The summed E-state index contributed by atoms with van der Waals surface area (Å²) in [5.41, 5.74) is 3.18. The van der Waals surface area contributed by atoms with Gasteiger partial charge in [0.05, 0.1) is 11.3 Å². The topological polar surface area (TPSA) is 67.5 Å². The molecule has 0 unspecified atom stereocenters. The van der Waals surface area contributed by atoms with Crippen molar-refractivity contribution in [3.8, 4) is 11.7 Å². The second kappa shape index (κ2) is 7.12. The summed E-state index contributed by atoms with van der Waals surface area (Å²) < 4.78 is 1.22. The minimum atomic E-state index is -0.323. The summed E-state index contributed by atoms with van der Waals surface area (Å²) in [5, 5.41) is 12.1. The van der Waals surface area contributed by atoms with Gasteiger partial charge < -0.3 is 5.11 Å². The number of pyridine rings is 2. The Balaban J connectivity index is 1.99.